The van der Waals surface area contributed by atoms with Crippen LogP contribution in [0.25, 0.3) is 0 Å². The number of aryl methyl sites for hydroxylation is 2. The third-order valence-electron chi connectivity index (χ3n) is 4.91. The number of nitrogens with one attached hydrogen (secondary N) is 4. The first-order valence-electron chi connectivity index (χ1n) is 8.72. The van der Waals surface area contributed by atoms with Crippen molar-refractivity contribution in [3.05, 3.63) is 27.4 Å². The normalized spacial score (nSPS) is 23.4. The Hall–Kier alpha value is -1.73. The van der Waals surface area contributed by atoms with E-state index in [1.165, 1.54) is 0 Å². The highest BCUT2D eigenvalue weighted by atomic mass is 16.1. The number of H-pyrrole nitrogens is 1. The first-order valence-corrected chi connectivity index (χ1v) is 8.72. The van der Waals surface area contributed by atoms with Crippen molar-refractivity contribution in [2.75, 3.05) is 6.54 Å². The molecule has 134 valence electrons. The van der Waals surface area contributed by atoms with Crippen LogP contribution in [-0.4, -0.2) is 34.5 Å². The number of hydrogen-bond donors (Lipinski definition) is 4. The highest BCUT2D eigenvalue weighted by Gasteiger charge is 2.28. The summed E-state index contributed by atoms with van der Waals surface area (Å²) in [5, 5.41) is 2.98. The maximum Gasteiger partial charge on any atom is 0.345 e. The van der Waals surface area contributed by atoms with Crippen LogP contribution < -0.4 is 21.9 Å². The van der Waals surface area contributed by atoms with Gasteiger partial charge >= 0.3 is 5.69 Å². The molecule has 1 aliphatic heterocycles. The number of hydrazine groups is 1. The molecule has 2 rings (SSSR count). The molecule has 0 aromatic carbocycles. The van der Waals surface area contributed by atoms with Crippen molar-refractivity contribution in [1.82, 2.24) is 26.1 Å². The van der Waals surface area contributed by atoms with E-state index in [-0.39, 0.29) is 11.6 Å². The summed E-state index contributed by atoms with van der Waals surface area (Å²) in [7, 11) is 0. The van der Waals surface area contributed by atoms with Gasteiger partial charge in [0.2, 0.25) is 5.91 Å². The summed E-state index contributed by atoms with van der Waals surface area (Å²) >= 11 is 0. The smallest absolute Gasteiger partial charge is 0.345 e. The molecule has 7 heteroatoms. The second-order valence-corrected chi connectivity index (χ2v) is 6.75. The lowest BCUT2D eigenvalue weighted by Crippen LogP contribution is -2.30. The van der Waals surface area contributed by atoms with Crippen LogP contribution in [0.4, 0.5) is 0 Å². The molecule has 2 atom stereocenters. The summed E-state index contributed by atoms with van der Waals surface area (Å²) in [4.78, 5) is 29.9. The molecule has 4 N–H and O–H groups in total. The van der Waals surface area contributed by atoms with Crippen molar-refractivity contribution < 1.29 is 4.79 Å². The van der Waals surface area contributed by atoms with E-state index in [1.807, 2.05) is 13.8 Å². The second kappa shape index (κ2) is 8.39. The maximum atomic E-state index is 12.0. The van der Waals surface area contributed by atoms with Crippen molar-refractivity contribution in [2.45, 2.75) is 65.5 Å². The van der Waals surface area contributed by atoms with Gasteiger partial charge in [0.05, 0.1) is 0 Å². The minimum Gasteiger partial charge on any atom is -0.356 e. The lowest BCUT2D eigenvalue weighted by Gasteiger charge is -2.17. The Morgan fingerprint density at radius 3 is 2.50 bits per heavy atom. The number of amides is 1. The fourth-order valence-electron chi connectivity index (χ4n) is 3.43. The predicted molar refractivity (Wildman–Crippen MR) is 93.6 cm³/mol. The third kappa shape index (κ3) is 4.88. The quantitative estimate of drug-likeness (QED) is 0.550. The molecule has 2 heterocycles. The van der Waals surface area contributed by atoms with Gasteiger partial charge in [0.1, 0.15) is 0 Å². The molecular formula is C17H29N5O2. The van der Waals surface area contributed by atoms with Crippen molar-refractivity contribution in [3.63, 3.8) is 0 Å². The molecule has 0 saturated carbocycles. The van der Waals surface area contributed by atoms with Crippen LogP contribution in [0, 0.1) is 19.8 Å². The second-order valence-electron chi connectivity index (χ2n) is 6.75. The van der Waals surface area contributed by atoms with E-state index < -0.39 is 0 Å². The van der Waals surface area contributed by atoms with Gasteiger partial charge in [0, 0.05) is 36.4 Å². The molecule has 24 heavy (non-hydrogen) atoms. The molecule has 1 aliphatic rings. The first kappa shape index (κ1) is 18.6. The van der Waals surface area contributed by atoms with Crippen molar-refractivity contribution >= 4 is 5.91 Å². The fraction of sp³-hybridized carbons (Fsp3) is 0.706. The standard InChI is InChI=1S/C17H29N5O2/c1-10-15(11(2)20-17(24)19-10)7-8-16(23)18-9-5-6-14-12(3)21-22-13(14)4/h12-14,21-22H,5-9H2,1-4H3,(H,18,23)(H,19,20,24). The van der Waals surface area contributed by atoms with Crippen LogP contribution in [0.3, 0.4) is 0 Å². The fourth-order valence-corrected chi connectivity index (χ4v) is 3.43. The molecule has 1 fully saturated rings. The van der Waals surface area contributed by atoms with Gasteiger partial charge in [-0.05, 0) is 58.4 Å². The van der Waals surface area contributed by atoms with E-state index in [2.05, 4.69) is 40.0 Å². The Balaban J connectivity index is 1.70. The first-order chi connectivity index (χ1) is 11.4. The number of carbonyl (C=O) groups is 1. The van der Waals surface area contributed by atoms with Crippen molar-refractivity contribution in [1.29, 1.82) is 0 Å². The zero-order chi connectivity index (χ0) is 17.7. The van der Waals surface area contributed by atoms with Gasteiger partial charge in [0.25, 0.3) is 0 Å². The lowest BCUT2D eigenvalue weighted by molar-refractivity contribution is -0.121. The third-order valence-corrected chi connectivity index (χ3v) is 4.91. The van der Waals surface area contributed by atoms with Gasteiger partial charge in [-0.1, -0.05) is 0 Å². The van der Waals surface area contributed by atoms with Gasteiger partial charge in [-0.2, -0.15) is 4.98 Å². The molecular weight excluding hydrogens is 306 g/mol. The molecule has 0 aliphatic carbocycles. The van der Waals surface area contributed by atoms with Gasteiger partial charge in [-0.3, -0.25) is 15.6 Å². The molecule has 7 nitrogen and oxygen atoms in total. The lowest BCUT2D eigenvalue weighted by atomic mass is 9.92. The van der Waals surface area contributed by atoms with Crippen LogP contribution in [0.15, 0.2) is 4.79 Å². The molecule has 1 aromatic heterocycles. The molecule has 0 radical (unpaired) electrons. The number of rotatable bonds is 7. The Morgan fingerprint density at radius 1 is 1.21 bits per heavy atom. The molecule has 1 saturated heterocycles. The summed E-state index contributed by atoms with van der Waals surface area (Å²) < 4.78 is 0. The Bertz CT molecular complexity index is 592. The van der Waals surface area contributed by atoms with Crippen LogP contribution in [0.1, 0.15) is 50.1 Å². The van der Waals surface area contributed by atoms with E-state index in [9.17, 15) is 9.59 Å². The van der Waals surface area contributed by atoms with Crippen LogP contribution >= 0.6 is 0 Å². The minimum atomic E-state index is -0.336. The molecule has 1 amide bonds. The monoisotopic (exact) mass is 335 g/mol. The SMILES string of the molecule is Cc1nc(=O)[nH]c(C)c1CCC(=O)NCCCC1C(C)NNC1C. The number of aromatic nitrogens is 2. The highest BCUT2D eigenvalue weighted by Crippen LogP contribution is 2.19. The zero-order valence-electron chi connectivity index (χ0n) is 15.0. The predicted octanol–water partition coefficient (Wildman–Crippen LogP) is 0.717. The van der Waals surface area contributed by atoms with E-state index in [0.29, 0.717) is 43.1 Å². The Labute approximate surface area is 143 Å². The molecule has 0 bridgehead atoms. The summed E-state index contributed by atoms with van der Waals surface area (Å²) in [6, 6.07) is 0.934. The summed E-state index contributed by atoms with van der Waals surface area (Å²) in [5.74, 6) is 0.642. The maximum absolute atomic E-state index is 12.0. The van der Waals surface area contributed by atoms with Crippen LogP contribution in [-0.2, 0) is 11.2 Å². The van der Waals surface area contributed by atoms with Crippen LogP contribution in [0.5, 0.6) is 0 Å². The molecule has 2 unspecified atom stereocenters. The summed E-state index contributed by atoms with van der Waals surface area (Å²) in [6.45, 7) is 8.72. The van der Waals surface area contributed by atoms with Crippen molar-refractivity contribution in [2.24, 2.45) is 5.92 Å². The number of nitrogens with zero attached hydrogens (tertiary/aromatic N) is 1. The van der Waals surface area contributed by atoms with Crippen molar-refractivity contribution in [3.8, 4) is 0 Å². The zero-order valence-corrected chi connectivity index (χ0v) is 15.0. The average molecular weight is 335 g/mol. The average Bonchev–Trinajstić information content (AvgIpc) is 2.81. The molecule has 0 spiro atoms. The topological polar surface area (TPSA) is 98.9 Å². The number of carbonyl (C=O) groups excluding carboxylic acids is 1. The van der Waals surface area contributed by atoms with E-state index in [1.54, 1.807) is 0 Å². The largest absolute Gasteiger partial charge is 0.356 e. The van der Waals surface area contributed by atoms with Crippen LogP contribution in [0.2, 0.25) is 0 Å². The summed E-state index contributed by atoms with van der Waals surface area (Å²) in [5.41, 5.74) is 8.62. The van der Waals surface area contributed by atoms with Gasteiger partial charge in [-0.25, -0.2) is 4.79 Å². The van der Waals surface area contributed by atoms with Gasteiger partial charge in [0.15, 0.2) is 0 Å². The van der Waals surface area contributed by atoms with E-state index >= 15 is 0 Å². The highest BCUT2D eigenvalue weighted by molar-refractivity contribution is 5.76. The van der Waals surface area contributed by atoms with E-state index in [4.69, 9.17) is 0 Å². The Kier molecular flexibility index (Phi) is 6.51. The van der Waals surface area contributed by atoms with E-state index in [0.717, 1.165) is 24.1 Å². The summed E-state index contributed by atoms with van der Waals surface area (Å²) in [6.07, 6.45) is 3.07. The molecule has 1 aromatic rings. The minimum absolute atomic E-state index is 0.0452. The number of aromatic amines is 1. The number of hydrogen-bond acceptors (Lipinski definition) is 5. The van der Waals surface area contributed by atoms with Gasteiger partial charge < -0.3 is 10.3 Å². The Morgan fingerprint density at radius 2 is 1.88 bits per heavy atom. The van der Waals surface area contributed by atoms with Gasteiger partial charge in [-0.15, -0.1) is 0 Å².